The molecule has 1 amide bonds. The van der Waals surface area contributed by atoms with E-state index in [1.165, 1.54) is 43.9 Å². The van der Waals surface area contributed by atoms with Crippen LogP contribution in [0, 0.1) is 24.7 Å². The fourth-order valence-corrected chi connectivity index (χ4v) is 5.32. The minimum absolute atomic E-state index is 0.138. The highest BCUT2D eigenvalue weighted by molar-refractivity contribution is 7.99. The minimum atomic E-state index is -0.138. The Hall–Kier alpha value is -1.75. The first kappa shape index (κ1) is 16.7. The standard InChI is InChI=1S/C20H24N2O2S/c1-13-19(25-17-8-3-2-4-9-17)18(24-22-13)20(23)21-12-16-11-14-6-5-7-15(16)10-14/h2-4,8-9,14-16H,5-7,10-12H2,1H3,(H,21,23). The van der Waals surface area contributed by atoms with Gasteiger partial charge in [0.2, 0.25) is 5.76 Å². The number of hydrogen-bond donors (Lipinski definition) is 1. The molecule has 1 heterocycles. The number of amides is 1. The molecule has 2 aliphatic carbocycles. The van der Waals surface area contributed by atoms with Crippen molar-refractivity contribution in [2.24, 2.45) is 17.8 Å². The molecule has 25 heavy (non-hydrogen) atoms. The molecular weight excluding hydrogens is 332 g/mol. The lowest BCUT2D eigenvalue weighted by atomic mass is 9.87. The molecule has 4 rings (SSSR count). The van der Waals surface area contributed by atoms with Gasteiger partial charge in [0.1, 0.15) is 0 Å². The van der Waals surface area contributed by atoms with Crippen molar-refractivity contribution >= 4 is 17.7 Å². The lowest BCUT2D eigenvalue weighted by Crippen LogP contribution is -2.30. The Morgan fingerprint density at radius 2 is 2.12 bits per heavy atom. The molecule has 132 valence electrons. The normalized spacial score (nSPS) is 25.1. The van der Waals surface area contributed by atoms with Crippen LogP contribution in [-0.4, -0.2) is 17.6 Å². The quantitative estimate of drug-likeness (QED) is 0.844. The first-order valence-corrected chi connectivity index (χ1v) is 9.99. The maximum absolute atomic E-state index is 12.7. The summed E-state index contributed by atoms with van der Waals surface area (Å²) in [5, 5.41) is 7.12. The second kappa shape index (κ2) is 7.24. The summed E-state index contributed by atoms with van der Waals surface area (Å²) in [6, 6.07) is 10.0. The van der Waals surface area contributed by atoms with Crippen molar-refractivity contribution in [3.05, 3.63) is 41.8 Å². The predicted molar refractivity (Wildman–Crippen MR) is 97.7 cm³/mol. The monoisotopic (exact) mass is 356 g/mol. The molecule has 2 aliphatic rings. The van der Waals surface area contributed by atoms with Gasteiger partial charge >= 0.3 is 0 Å². The second-order valence-corrected chi connectivity index (χ2v) is 8.42. The zero-order valence-corrected chi connectivity index (χ0v) is 15.3. The molecule has 1 aromatic carbocycles. The summed E-state index contributed by atoms with van der Waals surface area (Å²) in [6.45, 7) is 2.64. The first-order chi connectivity index (χ1) is 12.2. The maximum Gasteiger partial charge on any atom is 0.291 e. The van der Waals surface area contributed by atoms with Gasteiger partial charge in [-0.2, -0.15) is 0 Å². The van der Waals surface area contributed by atoms with Crippen molar-refractivity contribution in [3.8, 4) is 0 Å². The Morgan fingerprint density at radius 1 is 1.28 bits per heavy atom. The third kappa shape index (κ3) is 3.61. The van der Waals surface area contributed by atoms with Crippen LogP contribution in [0.5, 0.6) is 0 Å². The number of nitrogens with zero attached hydrogens (tertiary/aromatic N) is 1. The fraction of sp³-hybridized carbons (Fsp3) is 0.500. The van der Waals surface area contributed by atoms with E-state index in [1.807, 2.05) is 37.3 Å². The summed E-state index contributed by atoms with van der Waals surface area (Å²) in [7, 11) is 0. The van der Waals surface area contributed by atoms with Gasteiger partial charge in [-0.15, -0.1) is 0 Å². The van der Waals surface area contributed by atoms with Gasteiger partial charge in [-0.3, -0.25) is 4.79 Å². The van der Waals surface area contributed by atoms with Crippen molar-refractivity contribution in [2.45, 2.75) is 48.8 Å². The molecule has 0 radical (unpaired) electrons. The van der Waals surface area contributed by atoms with E-state index >= 15 is 0 Å². The number of rotatable bonds is 5. The van der Waals surface area contributed by atoms with Crippen LogP contribution in [0.15, 0.2) is 44.6 Å². The van der Waals surface area contributed by atoms with Gasteiger partial charge in [0.05, 0.1) is 10.6 Å². The van der Waals surface area contributed by atoms with E-state index < -0.39 is 0 Å². The number of nitrogens with one attached hydrogen (secondary N) is 1. The smallest absolute Gasteiger partial charge is 0.291 e. The number of aromatic nitrogens is 1. The summed E-state index contributed by atoms with van der Waals surface area (Å²) in [6.07, 6.45) is 6.69. The largest absolute Gasteiger partial charge is 0.350 e. The van der Waals surface area contributed by atoms with Gasteiger partial charge in [-0.05, 0) is 49.7 Å². The highest BCUT2D eigenvalue weighted by atomic mass is 32.2. The van der Waals surface area contributed by atoms with E-state index in [1.54, 1.807) is 0 Å². The van der Waals surface area contributed by atoms with Gasteiger partial charge in [0.25, 0.3) is 5.91 Å². The molecule has 2 bridgehead atoms. The highest BCUT2D eigenvalue weighted by Gasteiger charge is 2.37. The maximum atomic E-state index is 12.7. The Balaban J connectivity index is 1.42. The topological polar surface area (TPSA) is 55.1 Å². The van der Waals surface area contributed by atoms with Crippen LogP contribution < -0.4 is 5.32 Å². The van der Waals surface area contributed by atoms with E-state index in [4.69, 9.17) is 4.52 Å². The van der Waals surface area contributed by atoms with Crippen LogP contribution in [0.3, 0.4) is 0 Å². The van der Waals surface area contributed by atoms with Gasteiger partial charge in [-0.1, -0.05) is 54.4 Å². The summed E-state index contributed by atoms with van der Waals surface area (Å²) in [5.41, 5.74) is 0.760. The lowest BCUT2D eigenvalue weighted by Gasteiger charge is -2.21. The molecular formula is C20H24N2O2S. The van der Waals surface area contributed by atoms with Gasteiger partial charge in [0, 0.05) is 11.4 Å². The molecule has 3 unspecified atom stereocenters. The SMILES string of the molecule is Cc1noc(C(=O)NCC2CC3CCCC2C3)c1Sc1ccccc1. The van der Waals surface area contributed by atoms with Gasteiger partial charge in [-0.25, -0.2) is 0 Å². The van der Waals surface area contributed by atoms with Crippen molar-refractivity contribution in [1.82, 2.24) is 10.5 Å². The number of hydrogen-bond acceptors (Lipinski definition) is 4. The van der Waals surface area contributed by atoms with Crippen LogP contribution in [-0.2, 0) is 0 Å². The van der Waals surface area contributed by atoms with Crippen LogP contribution >= 0.6 is 11.8 Å². The molecule has 0 aliphatic heterocycles. The van der Waals surface area contributed by atoms with Gasteiger partial charge in [0.15, 0.2) is 0 Å². The minimum Gasteiger partial charge on any atom is -0.350 e. The second-order valence-electron chi connectivity index (χ2n) is 7.34. The third-order valence-electron chi connectivity index (χ3n) is 5.63. The van der Waals surface area contributed by atoms with Crippen LogP contribution in [0.1, 0.15) is 48.4 Å². The Kier molecular flexibility index (Phi) is 4.84. The van der Waals surface area contributed by atoms with Gasteiger partial charge < -0.3 is 9.84 Å². The molecule has 5 heteroatoms. The molecule has 4 nitrogen and oxygen atoms in total. The molecule has 3 atom stereocenters. The summed E-state index contributed by atoms with van der Waals surface area (Å²) >= 11 is 1.53. The van der Waals surface area contributed by atoms with Crippen molar-refractivity contribution in [3.63, 3.8) is 0 Å². The van der Waals surface area contributed by atoms with E-state index in [0.29, 0.717) is 11.7 Å². The average molecular weight is 356 g/mol. The van der Waals surface area contributed by atoms with Crippen LogP contribution in [0.2, 0.25) is 0 Å². The first-order valence-electron chi connectivity index (χ1n) is 9.18. The number of fused-ring (bicyclic) bond motifs is 2. The number of aryl methyl sites for hydroxylation is 1. The van der Waals surface area contributed by atoms with Crippen LogP contribution in [0.25, 0.3) is 0 Å². The van der Waals surface area contributed by atoms with Crippen LogP contribution in [0.4, 0.5) is 0 Å². The zero-order chi connectivity index (χ0) is 17.2. The van der Waals surface area contributed by atoms with E-state index in [2.05, 4.69) is 10.5 Å². The number of carbonyl (C=O) groups is 1. The molecule has 0 saturated heterocycles. The fourth-order valence-electron chi connectivity index (χ4n) is 4.38. The van der Waals surface area contributed by atoms with E-state index in [-0.39, 0.29) is 5.91 Å². The number of carbonyl (C=O) groups excluding carboxylic acids is 1. The summed E-state index contributed by atoms with van der Waals surface area (Å²) < 4.78 is 5.35. The molecule has 2 fully saturated rings. The average Bonchev–Trinajstić information content (AvgIpc) is 3.13. The lowest BCUT2D eigenvalue weighted by molar-refractivity contribution is 0.0902. The summed E-state index contributed by atoms with van der Waals surface area (Å²) in [4.78, 5) is 14.5. The molecule has 0 spiro atoms. The summed E-state index contributed by atoms with van der Waals surface area (Å²) in [5.74, 6) is 2.52. The predicted octanol–water partition coefficient (Wildman–Crippen LogP) is 4.69. The Labute approximate surface area is 152 Å². The Morgan fingerprint density at radius 3 is 2.92 bits per heavy atom. The highest BCUT2D eigenvalue weighted by Crippen LogP contribution is 2.45. The van der Waals surface area contributed by atoms with Crippen molar-refractivity contribution < 1.29 is 9.32 Å². The Bertz CT molecular complexity index is 743. The van der Waals surface area contributed by atoms with Crippen molar-refractivity contribution in [1.29, 1.82) is 0 Å². The number of benzene rings is 1. The van der Waals surface area contributed by atoms with E-state index in [9.17, 15) is 4.79 Å². The van der Waals surface area contributed by atoms with E-state index in [0.717, 1.165) is 33.9 Å². The molecule has 1 aromatic heterocycles. The molecule has 1 N–H and O–H groups in total. The molecule has 2 saturated carbocycles. The van der Waals surface area contributed by atoms with Crippen molar-refractivity contribution in [2.75, 3.05) is 6.54 Å². The third-order valence-corrected chi connectivity index (χ3v) is 6.82. The zero-order valence-electron chi connectivity index (χ0n) is 14.5. The molecule has 2 aromatic rings.